The van der Waals surface area contributed by atoms with Gasteiger partial charge in [0.15, 0.2) is 0 Å². The smallest absolute Gasteiger partial charge is 0.224 e. The maximum atomic E-state index is 12.7. The number of amides is 1. The Morgan fingerprint density at radius 2 is 1.94 bits per heavy atom. The van der Waals surface area contributed by atoms with Crippen molar-refractivity contribution in [2.45, 2.75) is 19.3 Å². The van der Waals surface area contributed by atoms with Gasteiger partial charge in [0.2, 0.25) is 5.91 Å². The van der Waals surface area contributed by atoms with Crippen molar-refractivity contribution in [2.75, 3.05) is 25.5 Å². The van der Waals surface area contributed by atoms with Crippen LogP contribution in [0.3, 0.4) is 0 Å². The normalized spacial score (nSPS) is 17.7. The van der Waals surface area contributed by atoms with Gasteiger partial charge in [-0.3, -0.25) is 4.79 Å². The molecule has 0 saturated carbocycles. The van der Waals surface area contributed by atoms with Gasteiger partial charge in [0.25, 0.3) is 0 Å². The van der Waals surface area contributed by atoms with E-state index in [1.54, 1.807) is 12.1 Å². The number of nitrogens with one attached hydrogen (secondary N) is 1. The molecular weight excluding hydrogens is 231 g/mol. The number of nitrogens with zero attached hydrogens (tertiary/aromatic N) is 1. The monoisotopic (exact) mass is 250 g/mol. The van der Waals surface area contributed by atoms with E-state index < -0.39 is 0 Å². The van der Waals surface area contributed by atoms with E-state index in [9.17, 15) is 9.18 Å². The number of rotatable bonds is 3. The van der Waals surface area contributed by atoms with E-state index in [2.05, 4.69) is 17.3 Å². The molecule has 0 bridgehead atoms. The number of piperidine rings is 1. The van der Waals surface area contributed by atoms with Crippen LogP contribution in [-0.2, 0) is 4.79 Å². The number of hydrogen-bond donors (Lipinski definition) is 1. The van der Waals surface area contributed by atoms with E-state index in [1.165, 1.54) is 12.1 Å². The molecule has 1 aromatic rings. The number of benzene rings is 1. The molecule has 4 heteroatoms. The first-order chi connectivity index (χ1) is 8.63. The number of halogens is 1. The summed E-state index contributed by atoms with van der Waals surface area (Å²) in [4.78, 5) is 14.1. The molecule has 0 radical (unpaired) electrons. The molecule has 0 atom stereocenters. The van der Waals surface area contributed by atoms with Gasteiger partial charge in [0.1, 0.15) is 5.82 Å². The molecule has 0 unspecified atom stereocenters. The van der Waals surface area contributed by atoms with Crippen LogP contribution in [0.2, 0.25) is 0 Å². The molecule has 1 aliphatic rings. The predicted molar refractivity (Wildman–Crippen MR) is 69.9 cm³/mol. The van der Waals surface area contributed by atoms with Gasteiger partial charge in [-0.05, 0) is 63.2 Å². The summed E-state index contributed by atoms with van der Waals surface area (Å²) >= 11 is 0. The zero-order chi connectivity index (χ0) is 13.0. The Kier molecular flexibility index (Phi) is 4.31. The van der Waals surface area contributed by atoms with E-state index in [0.29, 0.717) is 18.0 Å². The second-order valence-electron chi connectivity index (χ2n) is 5.01. The maximum absolute atomic E-state index is 12.7. The van der Waals surface area contributed by atoms with Crippen LogP contribution in [0.25, 0.3) is 0 Å². The molecule has 3 nitrogen and oxygen atoms in total. The lowest BCUT2D eigenvalue weighted by Crippen LogP contribution is -2.31. The summed E-state index contributed by atoms with van der Waals surface area (Å²) in [7, 11) is 2.11. The lowest BCUT2D eigenvalue weighted by Gasteiger charge is -2.28. The van der Waals surface area contributed by atoms with Gasteiger partial charge in [0, 0.05) is 12.1 Å². The lowest BCUT2D eigenvalue weighted by molar-refractivity contribution is -0.117. The summed E-state index contributed by atoms with van der Waals surface area (Å²) in [5.41, 5.74) is 0.661. The molecule has 1 fully saturated rings. The zero-order valence-corrected chi connectivity index (χ0v) is 10.7. The van der Waals surface area contributed by atoms with Gasteiger partial charge in [-0.15, -0.1) is 0 Å². The van der Waals surface area contributed by atoms with E-state index in [1.807, 2.05) is 0 Å². The first kappa shape index (κ1) is 13.0. The minimum absolute atomic E-state index is 0.0242. The predicted octanol–water partition coefficient (Wildman–Crippen LogP) is 2.50. The van der Waals surface area contributed by atoms with Crippen molar-refractivity contribution in [3.05, 3.63) is 30.1 Å². The number of likely N-dealkylation sites (tertiary alicyclic amines) is 1. The Hall–Kier alpha value is -1.42. The van der Waals surface area contributed by atoms with E-state index in [4.69, 9.17) is 0 Å². The molecule has 1 N–H and O–H groups in total. The van der Waals surface area contributed by atoms with Gasteiger partial charge in [-0.25, -0.2) is 4.39 Å². The minimum atomic E-state index is -0.289. The molecule has 2 rings (SSSR count). The Morgan fingerprint density at radius 1 is 1.33 bits per heavy atom. The zero-order valence-electron chi connectivity index (χ0n) is 10.7. The summed E-state index contributed by atoms with van der Waals surface area (Å²) in [6.45, 7) is 2.13. The second kappa shape index (κ2) is 5.96. The highest BCUT2D eigenvalue weighted by Crippen LogP contribution is 2.20. The summed E-state index contributed by atoms with van der Waals surface area (Å²) in [6.07, 6.45) is 2.71. The summed E-state index contributed by atoms with van der Waals surface area (Å²) in [5, 5.41) is 2.81. The molecule has 1 saturated heterocycles. The summed E-state index contributed by atoms with van der Waals surface area (Å²) < 4.78 is 12.7. The Labute approximate surface area is 107 Å². The van der Waals surface area contributed by atoms with E-state index in [0.717, 1.165) is 25.9 Å². The molecule has 1 aromatic carbocycles. The molecule has 98 valence electrons. The van der Waals surface area contributed by atoms with Crippen LogP contribution in [-0.4, -0.2) is 30.9 Å². The van der Waals surface area contributed by atoms with Crippen LogP contribution >= 0.6 is 0 Å². The van der Waals surface area contributed by atoms with Crippen molar-refractivity contribution in [3.8, 4) is 0 Å². The topological polar surface area (TPSA) is 32.3 Å². The number of carbonyl (C=O) groups is 1. The highest BCUT2D eigenvalue weighted by molar-refractivity contribution is 5.90. The standard InChI is InChI=1S/C14H19FN2O/c1-17-8-6-11(7-9-17)10-14(18)16-13-4-2-12(15)3-5-13/h2-5,11H,6-10H2,1H3,(H,16,18). The fraction of sp³-hybridized carbons (Fsp3) is 0.500. The van der Waals surface area contributed by atoms with Crippen molar-refractivity contribution >= 4 is 11.6 Å². The molecule has 18 heavy (non-hydrogen) atoms. The molecule has 0 spiro atoms. The third-order valence-electron chi connectivity index (χ3n) is 3.44. The van der Waals surface area contributed by atoms with Gasteiger partial charge in [-0.2, -0.15) is 0 Å². The van der Waals surface area contributed by atoms with Crippen LogP contribution in [0.5, 0.6) is 0 Å². The third-order valence-corrected chi connectivity index (χ3v) is 3.44. The fourth-order valence-electron chi connectivity index (χ4n) is 2.27. The highest BCUT2D eigenvalue weighted by atomic mass is 19.1. The fourth-order valence-corrected chi connectivity index (χ4v) is 2.27. The van der Waals surface area contributed by atoms with Crippen molar-refractivity contribution in [1.82, 2.24) is 4.90 Å². The van der Waals surface area contributed by atoms with Crippen LogP contribution in [0, 0.1) is 11.7 Å². The Bertz CT molecular complexity index is 397. The second-order valence-corrected chi connectivity index (χ2v) is 5.01. The van der Waals surface area contributed by atoms with Gasteiger partial charge in [-0.1, -0.05) is 0 Å². The average Bonchev–Trinajstić information content (AvgIpc) is 2.35. The van der Waals surface area contributed by atoms with Crippen molar-refractivity contribution in [1.29, 1.82) is 0 Å². The largest absolute Gasteiger partial charge is 0.326 e. The van der Waals surface area contributed by atoms with Gasteiger partial charge >= 0.3 is 0 Å². The lowest BCUT2D eigenvalue weighted by atomic mass is 9.93. The Morgan fingerprint density at radius 3 is 2.56 bits per heavy atom. The average molecular weight is 250 g/mol. The van der Waals surface area contributed by atoms with E-state index >= 15 is 0 Å². The molecule has 1 aliphatic heterocycles. The number of anilines is 1. The van der Waals surface area contributed by atoms with Crippen molar-refractivity contribution in [3.63, 3.8) is 0 Å². The molecule has 1 heterocycles. The molecule has 0 aromatic heterocycles. The van der Waals surface area contributed by atoms with Crippen LogP contribution in [0.4, 0.5) is 10.1 Å². The maximum Gasteiger partial charge on any atom is 0.224 e. The van der Waals surface area contributed by atoms with Crippen LogP contribution in [0.15, 0.2) is 24.3 Å². The molecule has 1 amide bonds. The van der Waals surface area contributed by atoms with Crippen LogP contribution < -0.4 is 5.32 Å². The highest BCUT2D eigenvalue weighted by Gasteiger charge is 2.19. The molecular formula is C14H19FN2O. The summed E-state index contributed by atoms with van der Waals surface area (Å²) in [5.74, 6) is 0.209. The van der Waals surface area contributed by atoms with E-state index in [-0.39, 0.29) is 11.7 Å². The first-order valence-electron chi connectivity index (χ1n) is 6.37. The van der Waals surface area contributed by atoms with Gasteiger partial charge in [0.05, 0.1) is 0 Å². The van der Waals surface area contributed by atoms with Crippen molar-refractivity contribution < 1.29 is 9.18 Å². The minimum Gasteiger partial charge on any atom is -0.326 e. The van der Waals surface area contributed by atoms with Crippen molar-refractivity contribution in [2.24, 2.45) is 5.92 Å². The quantitative estimate of drug-likeness (QED) is 0.894. The SMILES string of the molecule is CN1CCC(CC(=O)Nc2ccc(F)cc2)CC1. The molecule has 0 aliphatic carbocycles. The van der Waals surface area contributed by atoms with Gasteiger partial charge < -0.3 is 10.2 Å². The number of carbonyl (C=O) groups excluding carboxylic acids is 1. The Balaban J connectivity index is 1.80. The summed E-state index contributed by atoms with van der Waals surface area (Å²) in [6, 6.07) is 5.88. The first-order valence-corrected chi connectivity index (χ1v) is 6.37. The van der Waals surface area contributed by atoms with Crippen LogP contribution in [0.1, 0.15) is 19.3 Å². The number of hydrogen-bond acceptors (Lipinski definition) is 2. The third kappa shape index (κ3) is 3.81.